The van der Waals surface area contributed by atoms with Gasteiger partial charge in [-0.05, 0) is 82.1 Å². The monoisotopic (exact) mass is 479 g/mol. The summed E-state index contributed by atoms with van der Waals surface area (Å²) in [5.74, 6) is 2.69. The van der Waals surface area contributed by atoms with E-state index in [0.717, 1.165) is 61.8 Å². The van der Waals surface area contributed by atoms with Crippen LogP contribution >= 0.6 is 0 Å². The number of hydrogen-bond donors (Lipinski definition) is 0. The van der Waals surface area contributed by atoms with Crippen LogP contribution in [0.3, 0.4) is 0 Å². The van der Waals surface area contributed by atoms with Gasteiger partial charge in [-0.3, -0.25) is 4.79 Å². The fourth-order valence-corrected chi connectivity index (χ4v) is 6.66. The first-order chi connectivity index (χ1) is 17.2. The van der Waals surface area contributed by atoms with E-state index in [1.165, 1.54) is 77.2 Å². The highest BCUT2D eigenvalue weighted by atomic mass is 16.1. The lowest BCUT2D eigenvalue weighted by Gasteiger charge is -2.32. The molecule has 6 heteroatoms. The molecule has 192 valence electrons. The number of rotatable bonds is 8. The molecule has 4 heterocycles. The zero-order valence-electron chi connectivity index (χ0n) is 21.9. The van der Waals surface area contributed by atoms with Crippen molar-refractivity contribution in [3.05, 3.63) is 17.8 Å². The first kappa shape index (κ1) is 24.7. The summed E-state index contributed by atoms with van der Waals surface area (Å²) < 4.78 is 1.80. The van der Waals surface area contributed by atoms with Crippen LogP contribution in [0.15, 0.2) is 12.1 Å². The van der Waals surface area contributed by atoms with Crippen molar-refractivity contribution in [3.63, 3.8) is 0 Å². The molecule has 0 radical (unpaired) electrons. The molecule has 35 heavy (non-hydrogen) atoms. The summed E-state index contributed by atoms with van der Waals surface area (Å²) in [4.78, 5) is 23.2. The molecular formula is C29H45N5O. The SMILES string of the molecule is Cn1nc(C(=O)CC2CCN(CCCC3CCCCC3)CC2)c2ccc(N3CCCCCC3)nc21. The lowest BCUT2D eigenvalue weighted by Crippen LogP contribution is -2.35. The summed E-state index contributed by atoms with van der Waals surface area (Å²) >= 11 is 0. The van der Waals surface area contributed by atoms with Gasteiger partial charge >= 0.3 is 0 Å². The van der Waals surface area contributed by atoms with E-state index in [1.807, 2.05) is 7.05 Å². The third-order valence-corrected chi connectivity index (χ3v) is 8.86. The van der Waals surface area contributed by atoms with E-state index in [1.54, 1.807) is 4.68 Å². The van der Waals surface area contributed by atoms with E-state index in [9.17, 15) is 4.79 Å². The van der Waals surface area contributed by atoms with Crippen molar-refractivity contribution in [1.29, 1.82) is 0 Å². The van der Waals surface area contributed by atoms with Gasteiger partial charge < -0.3 is 9.80 Å². The molecule has 2 aromatic rings. The molecule has 0 bridgehead atoms. The number of pyridine rings is 1. The Morgan fingerprint density at radius 3 is 2.34 bits per heavy atom. The van der Waals surface area contributed by atoms with Gasteiger partial charge in [0.1, 0.15) is 11.5 Å². The summed E-state index contributed by atoms with van der Waals surface area (Å²) in [7, 11) is 1.92. The molecule has 3 fully saturated rings. The number of aromatic nitrogens is 3. The van der Waals surface area contributed by atoms with Crippen LogP contribution in [0.2, 0.25) is 0 Å². The van der Waals surface area contributed by atoms with Gasteiger partial charge in [-0.2, -0.15) is 5.10 Å². The third-order valence-electron chi connectivity index (χ3n) is 8.86. The Hall–Kier alpha value is -1.95. The van der Waals surface area contributed by atoms with E-state index in [2.05, 4.69) is 27.0 Å². The second kappa shape index (κ2) is 11.9. The number of hydrogen-bond acceptors (Lipinski definition) is 5. The molecule has 0 atom stereocenters. The average molecular weight is 480 g/mol. The number of Topliss-reactive ketones (excluding diaryl/α,β-unsaturated/α-hetero) is 1. The largest absolute Gasteiger partial charge is 0.357 e. The Labute approximate surface area is 211 Å². The maximum atomic E-state index is 13.3. The van der Waals surface area contributed by atoms with E-state index in [0.29, 0.717) is 18.0 Å². The minimum Gasteiger partial charge on any atom is -0.357 e. The first-order valence-electron chi connectivity index (χ1n) is 14.5. The number of likely N-dealkylation sites (tertiary alicyclic amines) is 1. The van der Waals surface area contributed by atoms with Crippen molar-refractivity contribution in [3.8, 4) is 0 Å². The summed E-state index contributed by atoms with van der Waals surface area (Å²) in [6.45, 7) is 5.68. The zero-order chi connectivity index (χ0) is 24.0. The predicted molar refractivity (Wildman–Crippen MR) is 143 cm³/mol. The first-order valence-corrected chi connectivity index (χ1v) is 14.5. The van der Waals surface area contributed by atoms with Gasteiger partial charge in [0.05, 0.1) is 5.39 Å². The molecular weight excluding hydrogens is 434 g/mol. The Kier molecular flexibility index (Phi) is 8.38. The molecule has 0 spiro atoms. The van der Waals surface area contributed by atoms with Gasteiger partial charge in [0.25, 0.3) is 0 Å². The average Bonchev–Trinajstić information content (AvgIpc) is 3.04. The Bertz CT molecular complexity index is 963. The minimum absolute atomic E-state index is 0.190. The van der Waals surface area contributed by atoms with Gasteiger partial charge in [0, 0.05) is 26.6 Å². The molecule has 0 unspecified atom stereocenters. The van der Waals surface area contributed by atoms with Crippen molar-refractivity contribution in [2.45, 2.75) is 89.9 Å². The van der Waals surface area contributed by atoms with Crippen LogP contribution in [-0.4, -0.2) is 58.2 Å². The normalized spacial score (nSPS) is 21.5. The van der Waals surface area contributed by atoms with Gasteiger partial charge in [0.2, 0.25) is 0 Å². The summed E-state index contributed by atoms with van der Waals surface area (Å²) in [5, 5.41) is 5.55. The number of carbonyl (C=O) groups excluding carboxylic acids is 1. The molecule has 2 aromatic heterocycles. The van der Waals surface area contributed by atoms with E-state index in [4.69, 9.17) is 4.98 Å². The fourth-order valence-electron chi connectivity index (χ4n) is 6.66. The molecule has 2 aliphatic heterocycles. The molecule has 6 nitrogen and oxygen atoms in total. The molecule has 0 amide bonds. The summed E-state index contributed by atoms with van der Waals surface area (Å²) in [6, 6.07) is 4.18. The van der Waals surface area contributed by atoms with Crippen LogP contribution < -0.4 is 4.90 Å². The topological polar surface area (TPSA) is 54.3 Å². The van der Waals surface area contributed by atoms with Crippen molar-refractivity contribution in [2.24, 2.45) is 18.9 Å². The van der Waals surface area contributed by atoms with Crippen molar-refractivity contribution in [2.75, 3.05) is 37.6 Å². The third kappa shape index (κ3) is 6.25. The fraction of sp³-hybridized carbons (Fsp3) is 0.759. The van der Waals surface area contributed by atoms with Crippen molar-refractivity contribution >= 4 is 22.6 Å². The van der Waals surface area contributed by atoms with Gasteiger partial charge in [-0.25, -0.2) is 9.67 Å². The highest BCUT2D eigenvalue weighted by Gasteiger charge is 2.25. The Morgan fingerprint density at radius 1 is 0.886 bits per heavy atom. The molecule has 0 N–H and O–H groups in total. The van der Waals surface area contributed by atoms with Crippen LogP contribution in [-0.2, 0) is 7.05 Å². The maximum Gasteiger partial charge on any atom is 0.184 e. The number of carbonyl (C=O) groups is 1. The molecule has 1 saturated carbocycles. The lowest BCUT2D eigenvalue weighted by molar-refractivity contribution is 0.0922. The molecule has 2 saturated heterocycles. The number of ketones is 1. The summed E-state index contributed by atoms with van der Waals surface area (Å²) in [6.07, 6.45) is 18.0. The van der Waals surface area contributed by atoms with Crippen LogP contribution in [0.5, 0.6) is 0 Å². The molecule has 1 aliphatic carbocycles. The number of aryl methyl sites for hydroxylation is 1. The second-order valence-electron chi connectivity index (χ2n) is 11.5. The number of anilines is 1. The second-order valence-corrected chi connectivity index (χ2v) is 11.5. The number of nitrogens with zero attached hydrogens (tertiary/aromatic N) is 5. The molecule has 5 rings (SSSR count). The number of fused-ring (bicyclic) bond motifs is 1. The Balaban J connectivity index is 1.13. The van der Waals surface area contributed by atoms with Crippen LogP contribution in [0.1, 0.15) is 100 Å². The van der Waals surface area contributed by atoms with Gasteiger partial charge in [-0.1, -0.05) is 44.9 Å². The molecule has 0 aromatic carbocycles. The standard InChI is InChI=1S/C29H45N5O/c1-32-29-25(13-14-27(30-29)34-18-7-2-3-8-19-34)28(31-32)26(35)22-24-15-20-33(21-16-24)17-9-12-23-10-5-4-6-11-23/h13-14,23-24H,2-12,15-22H2,1H3. The maximum absolute atomic E-state index is 13.3. The van der Waals surface area contributed by atoms with E-state index >= 15 is 0 Å². The van der Waals surface area contributed by atoms with Crippen LogP contribution in [0.25, 0.3) is 11.0 Å². The predicted octanol–water partition coefficient (Wildman–Crippen LogP) is 5.99. The smallest absolute Gasteiger partial charge is 0.184 e. The summed E-state index contributed by atoms with van der Waals surface area (Å²) in [5.41, 5.74) is 1.45. The van der Waals surface area contributed by atoms with Gasteiger partial charge in [-0.15, -0.1) is 0 Å². The highest BCUT2D eigenvalue weighted by Crippen LogP contribution is 2.29. The molecule has 3 aliphatic rings. The zero-order valence-corrected chi connectivity index (χ0v) is 21.9. The van der Waals surface area contributed by atoms with Crippen molar-refractivity contribution in [1.82, 2.24) is 19.7 Å². The van der Waals surface area contributed by atoms with Crippen LogP contribution in [0, 0.1) is 11.8 Å². The lowest BCUT2D eigenvalue weighted by atomic mass is 9.86. The Morgan fingerprint density at radius 2 is 1.60 bits per heavy atom. The van der Waals surface area contributed by atoms with Crippen LogP contribution in [0.4, 0.5) is 5.82 Å². The van der Waals surface area contributed by atoms with E-state index in [-0.39, 0.29) is 5.78 Å². The number of piperidine rings is 1. The minimum atomic E-state index is 0.190. The van der Waals surface area contributed by atoms with Crippen molar-refractivity contribution < 1.29 is 4.79 Å². The highest BCUT2D eigenvalue weighted by molar-refractivity contribution is 6.05. The van der Waals surface area contributed by atoms with Gasteiger partial charge in [0.15, 0.2) is 11.4 Å². The quantitative estimate of drug-likeness (QED) is 0.435. The van der Waals surface area contributed by atoms with E-state index < -0.39 is 0 Å².